The number of hydrogen-bond acceptors (Lipinski definition) is 5. The Bertz CT molecular complexity index is 1070. The van der Waals surface area contributed by atoms with Crippen LogP contribution < -0.4 is 10.2 Å². The molecule has 3 rings (SSSR count). The summed E-state index contributed by atoms with van der Waals surface area (Å²) in [4.78, 5) is 22.8. The monoisotopic (exact) mass is 366 g/mol. The van der Waals surface area contributed by atoms with Crippen LogP contribution in [0.2, 0.25) is 0 Å². The van der Waals surface area contributed by atoms with Crippen molar-refractivity contribution in [1.82, 2.24) is 9.99 Å². The number of carbonyl (C=O) groups is 1. The third-order valence-corrected chi connectivity index (χ3v) is 4.45. The van der Waals surface area contributed by atoms with Gasteiger partial charge in [0.15, 0.2) is 0 Å². The zero-order chi connectivity index (χ0) is 19.6. The predicted molar refractivity (Wildman–Crippen MR) is 102 cm³/mol. The van der Waals surface area contributed by atoms with E-state index in [2.05, 4.69) is 10.5 Å². The lowest BCUT2D eigenvalue weighted by atomic mass is 10.1. The molecule has 8 nitrogen and oxygen atoms in total. The number of non-ortho nitro benzene ring substituents is 1. The van der Waals surface area contributed by atoms with Gasteiger partial charge >= 0.3 is 0 Å². The Morgan fingerprint density at radius 2 is 2.04 bits per heavy atom. The molecule has 0 aliphatic rings. The van der Waals surface area contributed by atoms with Gasteiger partial charge in [-0.05, 0) is 19.1 Å². The Hall–Kier alpha value is -3.68. The standard InChI is InChI=1S/C19H18N4O4/c1-12-16(14-6-4-5-7-17(14)22(12)2)11-20-21-19(24)15-10-13(23(25)26)8-9-18(15)27-3/h4-11H,1-3H3,(H,21,24)/b20-11-. The number of methoxy groups -OCH3 is 1. The molecule has 0 spiro atoms. The van der Waals surface area contributed by atoms with Crippen LogP contribution in [0.15, 0.2) is 47.6 Å². The molecule has 1 amide bonds. The van der Waals surface area contributed by atoms with Crippen LogP contribution in [0.3, 0.4) is 0 Å². The van der Waals surface area contributed by atoms with Gasteiger partial charge in [-0.1, -0.05) is 18.2 Å². The van der Waals surface area contributed by atoms with E-state index in [1.54, 1.807) is 6.21 Å². The van der Waals surface area contributed by atoms with E-state index in [9.17, 15) is 14.9 Å². The summed E-state index contributed by atoms with van der Waals surface area (Å²) in [7, 11) is 3.35. The fourth-order valence-corrected chi connectivity index (χ4v) is 2.92. The highest BCUT2D eigenvalue weighted by Gasteiger charge is 2.17. The molecule has 1 heterocycles. The van der Waals surface area contributed by atoms with Crippen molar-refractivity contribution in [3.05, 3.63) is 69.4 Å². The van der Waals surface area contributed by atoms with Crippen LogP contribution in [0.5, 0.6) is 5.75 Å². The molecule has 2 aromatic carbocycles. The Morgan fingerprint density at radius 1 is 1.30 bits per heavy atom. The molecule has 0 saturated heterocycles. The van der Waals surface area contributed by atoms with Gasteiger partial charge in [-0.25, -0.2) is 5.43 Å². The first-order valence-electron chi connectivity index (χ1n) is 8.14. The minimum absolute atomic E-state index is 0.0403. The van der Waals surface area contributed by atoms with Gasteiger partial charge in [-0.2, -0.15) is 5.10 Å². The summed E-state index contributed by atoms with van der Waals surface area (Å²) >= 11 is 0. The Kier molecular flexibility index (Phi) is 4.89. The van der Waals surface area contributed by atoms with Crippen LogP contribution in [0.25, 0.3) is 10.9 Å². The lowest BCUT2D eigenvalue weighted by molar-refractivity contribution is -0.384. The molecule has 138 valence electrons. The molecule has 27 heavy (non-hydrogen) atoms. The molecule has 1 aromatic heterocycles. The van der Waals surface area contributed by atoms with E-state index in [4.69, 9.17) is 4.74 Å². The first kappa shape index (κ1) is 18.1. The average Bonchev–Trinajstić information content (AvgIpc) is 2.92. The van der Waals surface area contributed by atoms with Crippen molar-refractivity contribution in [2.45, 2.75) is 6.92 Å². The lowest BCUT2D eigenvalue weighted by Crippen LogP contribution is -2.18. The van der Waals surface area contributed by atoms with E-state index in [1.807, 2.05) is 42.8 Å². The van der Waals surface area contributed by atoms with Crippen molar-refractivity contribution in [2.75, 3.05) is 7.11 Å². The third-order valence-electron chi connectivity index (χ3n) is 4.45. The van der Waals surface area contributed by atoms with E-state index in [-0.39, 0.29) is 17.0 Å². The Balaban J connectivity index is 1.88. The molecule has 0 unspecified atom stereocenters. The number of rotatable bonds is 5. The van der Waals surface area contributed by atoms with Crippen LogP contribution in [-0.4, -0.2) is 28.7 Å². The quantitative estimate of drug-likeness (QED) is 0.426. The highest BCUT2D eigenvalue weighted by molar-refractivity contribution is 6.02. The molecule has 0 radical (unpaired) electrons. The molecule has 0 aliphatic heterocycles. The molecule has 0 saturated carbocycles. The van der Waals surface area contributed by atoms with Crippen LogP contribution in [-0.2, 0) is 7.05 Å². The first-order chi connectivity index (χ1) is 12.9. The molecular weight excluding hydrogens is 348 g/mol. The second kappa shape index (κ2) is 7.28. The maximum Gasteiger partial charge on any atom is 0.275 e. The summed E-state index contributed by atoms with van der Waals surface area (Å²) in [5, 5.41) is 16.0. The third kappa shape index (κ3) is 3.37. The van der Waals surface area contributed by atoms with Crippen molar-refractivity contribution < 1.29 is 14.5 Å². The number of benzene rings is 2. The number of hydrazone groups is 1. The highest BCUT2D eigenvalue weighted by atomic mass is 16.6. The average molecular weight is 366 g/mol. The van der Waals surface area contributed by atoms with E-state index in [0.717, 1.165) is 28.2 Å². The highest BCUT2D eigenvalue weighted by Crippen LogP contribution is 2.24. The number of ether oxygens (including phenoxy) is 1. The number of nitro groups is 1. The van der Waals surface area contributed by atoms with Gasteiger partial charge in [0.05, 0.1) is 23.8 Å². The predicted octanol–water partition coefficient (Wildman–Crippen LogP) is 3.17. The summed E-state index contributed by atoms with van der Waals surface area (Å²) in [5.41, 5.74) is 5.20. The Labute approximate surface area is 155 Å². The zero-order valence-electron chi connectivity index (χ0n) is 15.1. The van der Waals surface area contributed by atoms with E-state index in [1.165, 1.54) is 19.2 Å². The van der Waals surface area contributed by atoms with Gasteiger partial charge in [0, 0.05) is 41.3 Å². The SMILES string of the molecule is COc1ccc([N+](=O)[O-])cc1C(=O)N/N=C\c1c(C)n(C)c2ccccc12. The summed E-state index contributed by atoms with van der Waals surface area (Å²) in [6.45, 7) is 1.97. The number of carbonyl (C=O) groups excluding carboxylic acids is 1. The molecule has 0 bridgehead atoms. The largest absolute Gasteiger partial charge is 0.496 e. The van der Waals surface area contributed by atoms with Gasteiger partial charge in [0.1, 0.15) is 5.75 Å². The number of hydrogen-bond donors (Lipinski definition) is 1. The van der Waals surface area contributed by atoms with Crippen LogP contribution in [0, 0.1) is 17.0 Å². The van der Waals surface area contributed by atoms with Crippen molar-refractivity contribution >= 4 is 28.7 Å². The summed E-state index contributed by atoms with van der Waals surface area (Å²) in [6, 6.07) is 11.7. The number of aryl methyl sites for hydroxylation is 1. The van der Waals surface area contributed by atoms with Gasteiger partial charge in [0.2, 0.25) is 0 Å². The van der Waals surface area contributed by atoms with Gasteiger partial charge in [-0.15, -0.1) is 0 Å². The second-order valence-corrected chi connectivity index (χ2v) is 5.92. The maximum atomic E-state index is 12.4. The number of nitrogens with zero attached hydrogens (tertiary/aromatic N) is 3. The van der Waals surface area contributed by atoms with Crippen molar-refractivity contribution in [1.29, 1.82) is 0 Å². The molecule has 3 aromatic rings. The molecule has 0 atom stereocenters. The number of fused-ring (bicyclic) bond motifs is 1. The van der Waals surface area contributed by atoms with E-state index < -0.39 is 10.8 Å². The molecule has 1 N–H and O–H groups in total. The zero-order valence-corrected chi connectivity index (χ0v) is 15.1. The minimum Gasteiger partial charge on any atom is -0.496 e. The van der Waals surface area contributed by atoms with E-state index in [0.29, 0.717) is 0 Å². The van der Waals surface area contributed by atoms with Gasteiger partial charge in [-0.3, -0.25) is 14.9 Å². The fourth-order valence-electron chi connectivity index (χ4n) is 2.92. The van der Waals surface area contributed by atoms with Gasteiger partial charge in [0.25, 0.3) is 11.6 Å². The Morgan fingerprint density at radius 3 is 2.74 bits per heavy atom. The minimum atomic E-state index is -0.593. The molecule has 8 heteroatoms. The van der Waals surface area contributed by atoms with Gasteiger partial charge < -0.3 is 9.30 Å². The number of nitro benzene ring substituents is 1. The summed E-state index contributed by atoms with van der Waals surface area (Å²) in [6.07, 6.45) is 1.57. The van der Waals surface area contributed by atoms with E-state index >= 15 is 0 Å². The van der Waals surface area contributed by atoms with Crippen LogP contribution in [0.1, 0.15) is 21.6 Å². The van der Waals surface area contributed by atoms with Crippen LogP contribution >= 0.6 is 0 Å². The number of nitrogens with one attached hydrogen (secondary N) is 1. The fraction of sp³-hybridized carbons (Fsp3) is 0.158. The second-order valence-electron chi connectivity index (χ2n) is 5.92. The van der Waals surface area contributed by atoms with Crippen molar-refractivity contribution in [3.63, 3.8) is 0 Å². The lowest BCUT2D eigenvalue weighted by Gasteiger charge is -2.06. The normalized spacial score (nSPS) is 11.1. The maximum absolute atomic E-state index is 12.4. The molecule has 0 aliphatic carbocycles. The smallest absolute Gasteiger partial charge is 0.275 e. The summed E-state index contributed by atoms with van der Waals surface area (Å²) < 4.78 is 7.15. The first-order valence-corrected chi connectivity index (χ1v) is 8.14. The van der Waals surface area contributed by atoms with Crippen molar-refractivity contribution in [2.24, 2.45) is 12.1 Å². The number of amides is 1. The topological polar surface area (TPSA) is 98.8 Å². The molecule has 0 fully saturated rings. The molecular formula is C19H18N4O4. The van der Waals surface area contributed by atoms with Crippen molar-refractivity contribution in [3.8, 4) is 5.75 Å². The number of para-hydroxylation sites is 1. The summed E-state index contributed by atoms with van der Waals surface area (Å²) in [5.74, 6) is -0.362. The van der Waals surface area contributed by atoms with Crippen LogP contribution in [0.4, 0.5) is 5.69 Å². The number of aromatic nitrogens is 1.